The molecule has 0 aliphatic carbocycles. The van der Waals surface area contributed by atoms with Crippen molar-refractivity contribution in [1.29, 1.82) is 0 Å². The third-order valence-electron chi connectivity index (χ3n) is 3.47. The minimum absolute atomic E-state index is 0.0253. The van der Waals surface area contributed by atoms with Crippen LogP contribution in [-0.2, 0) is 9.59 Å². The molecule has 1 aromatic carbocycles. The molecule has 0 aromatic heterocycles. The highest BCUT2D eigenvalue weighted by atomic mass is 79.9. The van der Waals surface area contributed by atoms with Crippen LogP contribution in [0.2, 0.25) is 0 Å². The maximum absolute atomic E-state index is 12.3. The molecule has 2 amide bonds. The lowest BCUT2D eigenvalue weighted by Gasteiger charge is -2.19. The van der Waals surface area contributed by atoms with Crippen LogP contribution in [0.15, 0.2) is 21.5 Å². The molecule has 114 valence electrons. The SMILES string of the molecule is Cc1cc(SCC(=O)N2CCNC(=O)CC2)c(C)cc1Br. The lowest BCUT2D eigenvalue weighted by Crippen LogP contribution is -2.35. The molecule has 0 unspecified atom stereocenters. The van der Waals surface area contributed by atoms with Gasteiger partial charge in [0.1, 0.15) is 0 Å². The van der Waals surface area contributed by atoms with Gasteiger partial charge in [0.05, 0.1) is 5.75 Å². The maximum Gasteiger partial charge on any atom is 0.233 e. The van der Waals surface area contributed by atoms with Crippen molar-refractivity contribution in [2.75, 3.05) is 25.4 Å². The quantitative estimate of drug-likeness (QED) is 0.831. The Morgan fingerprint density at radius 3 is 2.86 bits per heavy atom. The molecule has 2 rings (SSSR count). The second-order valence-corrected chi connectivity index (χ2v) is 7.01. The van der Waals surface area contributed by atoms with Crippen LogP contribution >= 0.6 is 27.7 Å². The van der Waals surface area contributed by atoms with Crippen molar-refractivity contribution in [3.05, 3.63) is 27.7 Å². The number of benzene rings is 1. The van der Waals surface area contributed by atoms with E-state index < -0.39 is 0 Å². The molecule has 1 aliphatic rings. The predicted octanol–water partition coefficient (Wildman–Crippen LogP) is 2.51. The summed E-state index contributed by atoms with van der Waals surface area (Å²) in [5.41, 5.74) is 2.33. The van der Waals surface area contributed by atoms with E-state index in [2.05, 4.69) is 33.4 Å². The summed E-state index contributed by atoms with van der Waals surface area (Å²) >= 11 is 5.08. The largest absolute Gasteiger partial charge is 0.354 e. The molecule has 4 nitrogen and oxygen atoms in total. The van der Waals surface area contributed by atoms with Gasteiger partial charge in [0.15, 0.2) is 0 Å². The number of carbonyl (C=O) groups is 2. The molecule has 0 atom stereocenters. The zero-order chi connectivity index (χ0) is 15.4. The summed E-state index contributed by atoms with van der Waals surface area (Å²) < 4.78 is 1.09. The number of carbonyl (C=O) groups excluding carboxylic acids is 2. The number of halogens is 1. The highest BCUT2D eigenvalue weighted by Gasteiger charge is 2.18. The van der Waals surface area contributed by atoms with Crippen molar-refractivity contribution in [2.45, 2.75) is 25.2 Å². The van der Waals surface area contributed by atoms with E-state index in [-0.39, 0.29) is 11.8 Å². The van der Waals surface area contributed by atoms with Gasteiger partial charge in [0, 0.05) is 35.4 Å². The smallest absolute Gasteiger partial charge is 0.233 e. The van der Waals surface area contributed by atoms with Crippen molar-refractivity contribution >= 4 is 39.5 Å². The van der Waals surface area contributed by atoms with E-state index in [4.69, 9.17) is 0 Å². The van der Waals surface area contributed by atoms with Gasteiger partial charge in [-0.3, -0.25) is 9.59 Å². The highest BCUT2D eigenvalue weighted by Crippen LogP contribution is 2.28. The summed E-state index contributed by atoms with van der Waals surface area (Å²) in [6.45, 7) is 5.76. The third kappa shape index (κ3) is 4.48. The van der Waals surface area contributed by atoms with Crippen LogP contribution < -0.4 is 5.32 Å². The van der Waals surface area contributed by atoms with Gasteiger partial charge in [-0.2, -0.15) is 0 Å². The van der Waals surface area contributed by atoms with Crippen LogP contribution in [0.4, 0.5) is 0 Å². The monoisotopic (exact) mass is 370 g/mol. The Kier molecular flexibility index (Phi) is 5.70. The molecule has 1 N–H and O–H groups in total. The lowest BCUT2D eigenvalue weighted by atomic mass is 10.2. The standard InChI is InChI=1S/C15H19BrN2O2S/c1-10-8-13(11(2)7-12(10)16)21-9-15(20)18-5-3-14(19)17-4-6-18/h7-8H,3-6,9H2,1-2H3,(H,17,19). The Hall–Kier alpha value is -1.01. The Balaban J connectivity index is 1.94. The molecule has 0 saturated carbocycles. The number of rotatable bonds is 3. The molecular formula is C15H19BrN2O2S. The number of hydrogen-bond acceptors (Lipinski definition) is 3. The summed E-state index contributed by atoms with van der Waals surface area (Å²) in [4.78, 5) is 26.4. The second kappa shape index (κ2) is 7.31. The van der Waals surface area contributed by atoms with E-state index in [9.17, 15) is 9.59 Å². The van der Waals surface area contributed by atoms with Crippen LogP contribution in [0.5, 0.6) is 0 Å². The molecule has 1 aliphatic heterocycles. The van der Waals surface area contributed by atoms with E-state index in [1.54, 1.807) is 16.7 Å². The van der Waals surface area contributed by atoms with Crippen LogP contribution in [0.3, 0.4) is 0 Å². The van der Waals surface area contributed by atoms with Gasteiger partial charge < -0.3 is 10.2 Å². The highest BCUT2D eigenvalue weighted by molar-refractivity contribution is 9.10. The van der Waals surface area contributed by atoms with Crippen LogP contribution in [0.25, 0.3) is 0 Å². The second-order valence-electron chi connectivity index (χ2n) is 5.14. The minimum atomic E-state index is 0.0253. The van der Waals surface area contributed by atoms with Crippen molar-refractivity contribution in [3.63, 3.8) is 0 Å². The molecule has 0 bridgehead atoms. The van der Waals surface area contributed by atoms with Gasteiger partial charge >= 0.3 is 0 Å². The first-order valence-electron chi connectivity index (χ1n) is 6.91. The molecule has 6 heteroatoms. The Morgan fingerprint density at radius 1 is 1.33 bits per heavy atom. The molecule has 1 aromatic rings. The first-order chi connectivity index (χ1) is 9.97. The average molecular weight is 371 g/mol. The predicted molar refractivity (Wildman–Crippen MR) is 88.5 cm³/mol. The lowest BCUT2D eigenvalue weighted by molar-refractivity contribution is -0.128. The van der Waals surface area contributed by atoms with Crippen molar-refractivity contribution in [1.82, 2.24) is 10.2 Å². The average Bonchev–Trinajstić information content (AvgIpc) is 2.66. The molecule has 1 fully saturated rings. The molecule has 0 radical (unpaired) electrons. The van der Waals surface area contributed by atoms with Gasteiger partial charge in [-0.25, -0.2) is 0 Å². The van der Waals surface area contributed by atoms with E-state index in [0.717, 1.165) is 14.9 Å². The summed E-state index contributed by atoms with van der Waals surface area (Å²) in [6.07, 6.45) is 0.396. The van der Waals surface area contributed by atoms with E-state index >= 15 is 0 Å². The fourth-order valence-electron chi connectivity index (χ4n) is 2.16. The van der Waals surface area contributed by atoms with Crippen molar-refractivity contribution in [3.8, 4) is 0 Å². The van der Waals surface area contributed by atoms with Gasteiger partial charge in [-0.15, -0.1) is 11.8 Å². The molecular weight excluding hydrogens is 352 g/mol. The van der Waals surface area contributed by atoms with Crippen molar-refractivity contribution < 1.29 is 9.59 Å². The van der Waals surface area contributed by atoms with Crippen LogP contribution in [0, 0.1) is 13.8 Å². The number of aryl methyl sites for hydroxylation is 2. The Morgan fingerprint density at radius 2 is 2.10 bits per heavy atom. The summed E-state index contributed by atoms with van der Waals surface area (Å²) in [7, 11) is 0. The van der Waals surface area contributed by atoms with Gasteiger partial charge in [0.25, 0.3) is 0 Å². The molecule has 21 heavy (non-hydrogen) atoms. The first kappa shape index (κ1) is 16.4. The Bertz CT molecular complexity index is 563. The minimum Gasteiger partial charge on any atom is -0.354 e. The van der Waals surface area contributed by atoms with E-state index in [1.807, 2.05) is 13.8 Å². The third-order valence-corrected chi connectivity index (χ3v) is 5.47. The number of hydrogen-bond donors (Lipinski definition) is 1. The van der Waals surface area contributed by atoms with Gasteiger partial charge in [-0.1, -0.05) is 15.9 Å². The topological polar surface area (TPSA) is 49.4 Å². The number of nitrogens with one attached hydrogen (secondary N) is 1. The molecule has 1 heterocycles. The van der Waals surface area contributed by atoms with Crippen LogP contribution in [0.1, 0.15) is 17.5 Å². The molecule has 1 saturated heterocycles. The van der Waals surface area contributed by atoms with E-state index in [0.29, 0.717) is 31.8 Å². The summed E-state index contributed by atoms with van der Waals surface area (Å²) in [5.74, 6) is 0.532. The fourth-order valence-corrected chi connectivity index (χ4v) is 3.62. The molecule has 0 spiro atoms. The summed E-state index contributed by atoms with van der Waals surface area (Å²) in [5, 5.41) is 2.78. The first-order valence-corrected chi connectivity index (χ1v) is 8.69. The summed E-state index contributed by atoms with van der Waals surface area (Å²) in [6, 6.07) is 4.18. The number of thioether (sulfide) groups is 1. The zero-order valence-corrected chi connectivity index (χ0v) is 14.6. The zero-order valence-electron chi connectivity index (χ0n) is 12.2. The van der Waals surface area contributed by atoms with Crippen molar-refractivity contribution in [2.24, 2.45) is 0 Å². The van der Waals surface area contributed by atoms with E-state index in [1.165, 1.54) is 5.56 Å². The Labute approximate surface area is 137 Å². The number of nitrogens with zero attached hydrogens (tertiary/aromatic N) is 1. The maximum atomic E-state index is 12.3. The number of amides is 2. The van der Waals surface area contributed by atoms with Crippen LogP contribution in [-0.4, -0.2) is 42.1 Å². The van der Waals surface area contributed by atoms with Gasteiger partial charge in [0.2, 0.25) is 11.8 Å². The fraction of sp³-hybridized carbons (Fsp3) is 0.467. The van der Waals surface area contributed by atoms with Gasteiger partial charge in [-0.05, 0) is 37.1 Å². The normalized spacial score (nSPS) is 15.6.